The maximum atomic E-state index is 11.7. The van der Waals surface area contributed by atoms with Gasteiger partial charge in [0.2, 0.25) is 0 Å². The summed E-state index contributed by atoms with van der Waals surface area (Å²) in [6.45, 7) is 0. The lowest BCUT2D eigenvalue weighted by molar-refractivity contribution is -0.152. The minimum atomic E-state index is -0.719. The van der Waals surface area contributed by atoms with Gasteiger partial charge in [0.05, 0.1) is 12.2 Å². The van der Waals surface area contributed by atoms with Gasteiger partial charge in [-0.05, 0) is 43.4 Å². The van der Waals surface area contributed by atoms with Crippen LogP contribution in [-0.2, 0) is 16.0 Å². The third-order valence-corrected chi connectivity index (χ3v) is 4.64. The molecule has 18 heavy (non-hydrogen) atoms. The van der Waals surface area contributed by atoms with Gasteiger partial charge in [0.25, 0.3) is 0 Å². The average Bonchev–Trinajstić information content (AvgIpc) is 2.89. The van der Waals surface area contributed by atoms with E-state index >= 15 is 0 Å². The van der Waals surface area contributed by atoms with Crippen LogP contribution in [0.3, 0.4) is 0 Å². The first-order chi connectivity index (χ1) is 8.60. The first-order valence-corrected chi connectivity index (χ1v) is 7.03. The van der Waals surface area contributed by atoms with E-state index in [1.807, 2.05) is 24.3 Å². The minimum absolute atomic E-state index is 0.112. The van der Waals surface area contributed by atoms with E-state index in [1.165, 1.54) is 0 Å². The van der Waals surface area contributed by atoms with Gasteiger partial charge in [-0.15, -0.1) is 0 Å². The van der Waals surface area contributed by atoms with Crippen molar-refractivity contribution in [3.8, 4) is 0 Å². The highest BCUT2D eigenvalue weighted by atomic mass is 79.9. The Morgan fingerprint density at radius 2 is 2.33 bits per heavy atom. The molecule has 1 aromatic carbocycles. The van der Waals surface area contributed by atoms with Crippen molar-refractivity contribution in [1.82, 2.24) is 0 Å². The summed E-state index contributed by atoms with van der Waals surface area (Å²) in [5.41, 5.74) is 0.340. The third-order valence-electron chi connectivity index (χ3n) is 4.15. The van der Waals surface area contributed by atoms with E-state index in [-0.39, 0.29) is 12.2 Å². The molecule has 0 saturated carbocycles. The van der Waals surface area contributed by atoms with Crippen LogP contribution < -0.4 is 0 Å². The Hall–Kier alpha value is -0.870. The van der Waals surface area contributed by atoms with Crippen LogP contribution in [-0.4, -0.2) is 23.3 Å². The SMILES string of the molecule is O=C(O)C1(Cc2cccc(Br)c2)CC2CCC1O2. The van der Waals surface area contributed by atoms with Gasteiger partial charge in [0, 0.05) is 4.47 Å². The number of rotatable bonds is 3. The molecule has 3 atom stereocenters. The lowest BCUT2D eigenvalue weighted by Gasteiger charge is -2.31. The summed E-state index contributed by atoms with van der Waals surface area (Å²) in [5.74, 6) is -0.713. The number of carboxylic acids is 1. The monoisotopic (exact) mass is 310 g/mol. The fraction of sp³-hybridized carbons (Fsp3) is 0.500. The standard InChI is InChI=1S/C14H15BrO3/c15-10-3-1-2-9(6-10)7-14(13(16)17)8-11-4-5-12(14)18-11/h1-3,6,11-12H,4-5,7-8H2,(H,16,17). The van der Waals surface area contributed by atoms with Gasteiger partial charge in [-0.3, -0.25) is 4.79 Å². The highest BCUT2D eigenvalue weighted by Gasteiger charge is 2.57. The minimum Gasteiger partial charge on any atom is -0.481 e. The van der Waals surface area contributed by atoms with Gasteiger partial charge in [0.1, 0.15) is 5.41 Å². The van der Waals surface area contributed by atoms with E-state index in [4.69, 9.17) is 4.74 Å². The summed E-state index contributed by atoms with van der Waals surface area (Å²) < 4.78 is 6.75. The van der Waals surface area contributed by atoms with Crippen LogP contribution in [0.5, 0.6) is 0 Å². The Bertz CT molecular complexity index is 488. The molecule has 2 fully saturated rings. The highest BCUT2D eigenvalue weighted by molar-refractivity contribution is 9.10. The molecule has 1 aromatic rings. The molecule has 0 aromatic heterocycles. The van der Waals surface area contributed by atoms with Crippen molar-refractivity contribution in [1.29, 1.82) is 0 Å². The van der Waals surface area contributed by atoms with Crippen LogP contribution in [0.15, 0.2) is 28.7 Å². The van der Waals surface area contributed by atoms with Gasteiger partial charge < -0.3 is 9.84 Å². The van der Waals surface area contributed by atoms with Gasteiger partial charge in [-0.1, -0.05) is 28.1 Å². The van der Waals surface area contributed by atoms with Crippen molar-refractivity contribution in [2.45, 2.75) is 37.9 Å². The first-order valence-electron chi connectivity index (χ1n) is 6.23. The lowest BCUT2D eigenvalue weighted by Crippen LogP contribution is -2.42. The number of carbonyl (C=O) groups is 1. The Labute approximate surface area is 114 Å². The largest absolute Gasteiger partial charge is 0.481 e. The number of ether oxygens (including phenoxy) is 1. The van der Waals surface area contributed by atoms with Crippen LogP contribution in [0.2, 0.25) is 0 Å². The Balaban J connectivity index is 1.90. The average molecular weight is 311 g/mol. The smallest absolute Gasteiger partial charge is 0.312 e. The molecule has 1 N–H and O–H groups in total. The summed E-state index contributed by atoms with van der Waals surface area (Å²) in [6, 6.07) is 7.88. The number of hydrogen-bond donors (Lipinski definition) is 1. The van der Waals surface area contributed by atoms with Crippen molar-refractivity contribution < 1.29 is 14.6 Å². The zero-order valence-electron chi connectivity index (χ0n) is 9.93. The van der Waals surface area contributed by atoms with E-state index in [0.29, 0.717) is 12.8 Å². The fourth-order valence-corrected chi connectivity index (χ4v) is 3.74. The van der Waals surface area contributed by atoms with E-state index in [0.717, 1.165) is 22.9 Å². The predicted octanol–water partition coefficient (Wildman–Crippen LogP) is 3.01. The predicted molar refractivity (Wildman–Crippen MR) is 70.4 cm³/mol. The van der Waals surface area contributed by atoms with Gasteiger partial charge >= 0.3 is 5.97 Å². The van der Waals surface area contributed by atoms with Crippen LogP contribution in [0, 0.1) is 5.41 Å². The quantitative estimate of drug-likeness (QED) is 0.933. The zero-order chi connectivity index (χ0) is 12.8. The Morgan fingerprint density at radius 3 is 2.89 bits per heavy atom. The molecule has 96 valence electrons. The summed E-state index contributed by atoms with van der Waals surface area (Å²) in [6.07, 6.45) is 3.14. The van der Waals surface area contributed by atoms with Crippen molar-refractivity contribution in [3.63, 3.8) is 0 Å². The molecule has 4 heteroatoms. The van der Waals surface area contributed by atoms with Crippen molar-refractivity contribution in [2.75, 3.05) is 0 Å². The van der Waals surface area contributed by atoms with Crippen LogP contribution in [0.25, 0.3) is 0 Å². The first kappa shape index (κ1) is 12.2. The van der Waals surface area contributed by atoms with Crippen LogP contribution in [0.1, 0.15) is 24.8 Å². The molecule has 2 saturated heterocycles. The van der Waals surface area contributed by atoms with Crippen molar-refractivity contribution in [2.24, 2.45) is 5.41 Å². The maximum Gasteiger partial charge on any atom is 0.312 e. The molecule has 3 unspecified atom stereocenters. The van der Waals surface area contributed by atoms with Gasteiger partial charge in [-0.2, -0.15) is 0 Å². The second-order valence-corrected chi connectivity index (χ2v) is 6.21. The van der Waals surface area contributed by atoms with E-state index in [2.05, 4.69) is 15.9 Å². The summed E-state index contributed by atoms with van der Waals surface area (Å²) in [5, 5.41) is 9.62. The normalized spacial score (nSPS) is 33.8. The topological polar surface area (TPSA) is 46.5 Å². The molecule has 3 rings (SSSR count). The molecule has 2 bridgehead atoms. The van der Waals surface area contributed by atoms with Crippen LogP contribution in [0.4, 0.5) is 0 Å². The Kier molecular flexibility index (Phi) is 2.94. The summed E-state index contributed by atoms with van der Waals surface area (Å²) in [7, 11) is 0. The maximum absolute atomic E-state index is 11.7. The molecule has 2 heterocycles. The van der Waals surface area contributed by atoms with E-state index in [1.54, 1.807) is 0 Å². The number of carboxylic acid groups (broad SMARTS) is 1. The molecule has 0 radical (unpaired) electrons. The zero-order valence-corrected chi connectivity index (χ0v) is 11.5. The molecule has 0 amide bonds. The number of halogens is 1. The number of hydrogen-bond acceptors (Lipinski definition) is 2. The second kappa shape index (κ2) is 4.35. The lowest BCUT2D eigenvalue weighted by atomic mass is 9.70. The molecule has 3 nitrogen and oxygen atoms in total. The van der Waals surface area contributed by atoms with Gasteiger partial charge in [0.15, 0.2) is 0 Å². The summed E-state index contributed by atoms with van der Waals surface area (Å²) in [4.78, 5) is 11.7. The number of benzene rings is 1. The highest BCUT2D eigenvalue weighted by Crippen LogP contribution is 2.49. The van der Waals surface area contributed by atoms with Gasteiger partial charge in [-0.25, -0.2) is 0 Å². The molecular weight excluding hydrogens is 296 g/mol. The van der Waals surface area contributed by atoms with Crippen molar-refractivity contribution in [3.05, 3.63) is 34.3 Å². The second-order valence-electron chi connectivity index (χ2n) is 5.30. The van der Waals surface area contributed by atoms with Crippen LogP contribution >= 0.6 is 15.9 Å². The van der Waals surface area contributed by atoms with E-state index < -0.39 is 11.4 Å². The fourth-order valence-electron chi connectivity index (χ4n) is 3.30. The molecule has 2 aliphatic heterocycles. The summed E-state index contributed by atoms with van der Waals surface area (Å²) >= 11 is 3.43. The molecule has 2 aliphatic rings. The van der Waals surface area contributed by atoms with E-state index in [9.17, 15) is 9.90 Å². The molecule has 0 spiro atoms. The number of fused-ring (bicyclic) bond motifs is 2. The number of aliphatic carboxylic acids is 1. The Morgan fingerprint density at radius 1 is 1.50 bits per heavy atom. The molecule has 0 aliphatic carbocycles. The third kappa shape index (κ3) is 1.88. The molecular formula is C14H15BrO3. The van der Waals surface area contributed by atoms with Crippen molar-refractivity contribution >= 4 is 21.9 Å².